The number of para-hydroxylation sites is 1. The summed E-state index contributed by atoms with van der Waals surface area (Å²) in [7, 11) is 0. The van der Waals surface area contributed by atoms with E-state index in [2.05, 4.69) is 41.4 Å². The fourth-order valence-corrected chi connectivity index (χ4v) is 3.48. The van der Waals surface area contributed by atoms with Crippen LogP contribution in [0.3, 0.4) is 0 Å². The second-order valence-electron chi connectivity index (χ2n) is 6.66. The van der Waals surface area contributed by atoms with Gasteiger partial charge in [0.05, 0.1) is 6.61 Å². The van der Waals surface area contributed by atoms with Gasteiger partial charge in [-0.25, -0.2) is 0 Å². The minimum Gasteiger partial charge on any atom is -0.493 e. The van der Waals surface area contributed by atoms with E-state index >= 15 is 0 Å². The summed E-state index contributed by atoms with van der Waals surface area (Å²) < 4.78 is 5.87. The van der Waals surface area contributed by atoms with E-state index in [1.54, 1.807) is 0 Å². The monoisotopic (exact) mass is 288 g/mol. The van der Waals surface area contributed by atoms with Gasteiger partial charge >= 0.3 is 0 Å². The molecule has 0 radical (unpaired) electrons. The Hall–Kier alpha value is -1.06. The van der Waals surface area contributed by atoms with Crippen molar-refractivity contribution in [2.45, 2.75) is 38.6 Å². The number of hydrogen-bond acceptors (Lipinski definition) is 3. The van der Waals surface area contributed by atoms with Crippen LogP contribution in [0.4, 0.5) is 0 Å². The van der Waals surface area contributed by atoms with E-state index < -0.39 is 0 Å². The van der Waals surface area contributed by atoms with Crippen molar-refractivity contribution in [1.29, 1.82) is 0 Å². The molecule has 1 saturated heterocycles. The Labute approximate surface area is 128 Å². The Bertz CT molecular complexity index is 443. The number of nitrogens with one attached hydrogen (secondary N) is 1. The van der Waals surface area contributed by atoms with Crippen LogP contribution in [0, 0.1) is 5.92 Å². The van der Waals surface area contributed by atoms with E-state index in [1.165, 1.54) is 44.5 Å². The summed E-state index contributed by atoms with van der Waals surface area (Å²) in [6, 6.07) is 9.01. The lowest BCUT2D eigenvalue weighted by molar-refractivity contribution is 0.191. The van der Waals surface area contributed by atoms with Crippen LogP contribution < -0.4 is 10.1 Å². The Morgan fingerprint density at radius 2 is 2.05 bits per heavy atom. The number of likely N-dealkylation sites (tertiary alicyclic amines) is 1. The Morgan fingerprint density at radius 1 is 1.24 bits per heavy atom. The first-order valence-corrected chi connectivity index (χ1v) is 8.47. The summed E-state index contributed by atoms with van der Waals surface area (Å²) in [4.78, 5) is 2.60. The molecule has 0 bridgehead atoms. The molecule has 0 aliphatic carbocycles. The van der Waals surface area contributed by atoms with Gasteiger partial charge in [0.1, 0.15) is 5.75 Å². The van der Waals surface area contributed by atoms with Gasteiger partial charge in [0.15, 0.2) is 0 Å². The maximum Gasteiger partial charge on any atom is 0.122 e. The molecule has 1 N–H and O–H groups in total. The van der Waals surface area contributed by atoms with Gasteiger partial charge in [-0.05, 0) is 50.9 Å². The quantitative estimate of drug-likeness (QED) is 0.901. The molecule has 21 heavy (non-hydrogen) atoms. The number of fused-ring (bicyclic) bond motifs is 1. The minimum absolute atomic E-state index is 0.570. The van der Waals surface area contributed by atoms with Gasteiger partial charge < -0.3 is 15.0 Å². The minimum atomic E-state index is 0.570. The molecule has 2 heterocycles. The molecule has 3 nitrogen and oxygen atoms in total. The topological polar surface area (TPSA) is 24.5 Å². The van der Waals surface area contributed by atoms with Crippen molar-refractivity contribution >= 4 is 0 Å². The third-order valence-electron chi connectivity index (χ3n) is 4.69. The van der Waals surface area contributed by atoms with E-state index in [1.807, 2.05) is 0 Å². The van der Waals surface area contributed by atoms with Crippen LogP contribution in [0.5, 0.6) is 5.75 Å². The highest BCUT2D eigenvalue weighted by molar-refractivity contribution is 5.35. The van der Waals surface area contributed by atoms with E-state index in [0.29, 0.717) is 12.0 Å². The molecule has 2 unspecified atom stereocenters. The summed E-state index contributed by atoms with van der Waals surface area (Å²) in [5, 5.41) is 3.71. The zero-order valence-corrected chi connectivity index (χ0v) is 13.2. The van der Waals surface area contributed by atoms with Crippen molar-refractivity contribution in [3.05, 3.63) is 29.8 Å². The van der Waals surface area contributed by atoms with E-state index in [4.69, 9.17) is 4.74 Å². The maximum absolute atomic E-state index is 5.87. The van der Waals surface area contributed by atoms with Gasteiger partial charge in [-0.3, -0.25) is 0 Å². The number of benzene rings is 1. The van der Waals surface area contributed by atoms with E-state index in [-0.39, 0.29) is 0 Å². The molecule has 3 heteroatoms. The molecule has 0 spiro atoms. The van der Waals surface area contributed by atoms with Gasteiger partial charge in [0, 0.05) is 25.0 Å². The van der Waals surface area contributed by atoms with Gasteiger partial charge in [-0.15, -0.1) is 0 Å². The van der Waals surface area contributed by atoms with E-state index in [9.17, 15) is 0 Å². The van der Waals surface area contributed by atoms with Crippen LogP contribution in [0.15, 0.2) is 24.3 Å². The molecular formula is C18H28N2O. The molecule has 1 aromatic carbocycles. The second kappa shape index (κ2) is 7.28. The van der Waals surface area contributed by atoms with Crippen LogP contribution in [-0.2, 0) is 6.42 Å². The standard InChI is InChI=1S/C18H28N2O/c1-15(13-20-9-5-2-6-10-20)19-12-16-11-17-7-3-4-8-18(17)21-14-16/h3-4,7-8,15-16,19H,2,5-6,9-14H2,1H3. The van der Waals surface area contributed by atoms with Crippen molar-refractivity contribution in [3.63, 3.8) is 0 Å². The molecule has 1 aromatic rings. The maximum atomic E-state index is 5.87. The first kappa shape index (κ1) is 14.9. The fourth-order valence-electron chi connectivity index (χ4n) is 3.48. The molecule has 2 aliphatic heterocycles. The lowest BCUT2D eigenvalue weighted by Gasteiger charge is -2.31. The Balaban J connectivity index is 1.41. The lowest BCUT2D eigenvalue weighted by atomic mass is 9.96. The molecule has 3 rings (SSSR count). The first-order valence-electron chi connectivity index (χ1n) is 8.47. The number of ether oxygens (including phenoxy) is 1. The summed E-state index contributed by atoms with van der Waals surface area (Å²) in [6.07, 6.45) is 5.30. The number of hydrogen-bond donors (Lipinski definition) is 1. The molecular weight excluding hydrogens is 260 g/mol. The average molecular weight is 288 g/mol. The van der Waals surface area contributed by atoms with Crippen LogP contribution in [0.2, 0.25) is 0 Å². The average Bonchev–Trinajstić information content (AvgIpc) is 2.54. The van der Waals surface area contributed by atoms with Crippen LogP contribution >= 0.6 is 0 Å². The molecule has 2 atom stereocenters. The van der Waals surface area contributed by atoms with E-state index in [0.717, 1.165) is 25.3 Å². The smallest absolute Gasteiger partial charge is 0.122 e. The third kappa shape index (κ3) is 4.21. The van der Waals surface area contributed by atoms with Crippen molar-refractivity contribution in [2.75, 3.05) is 32.8 Å². The normalized spacial score (nSPS) is 24.1. The van der Waals surface area contributed by atoms with Crippen LogP contribution in [-0.4, -0.2) is 43.7 Å². The number of nitrogens with zero attached hydrogens (tertiary/aromatic N) is 1. The van der Waals surface area contributed by atoms with Crippen LogP contribution in [0.25, 0.3) is 0 Å². The first-order chi connectivity index (χ1) is 10.3. The highest BCUT2D eigenvalue weighted by Gasteiger charge is 2.20. The predicted octanol–water partition coefficient (Wildman–Crippen LogP) is 2.70. The van der Waals surface area contributed by atoms with Crippen molar-refractivity contribution in [1.82, 2.24) is 10.2 Å². The largest absolute Gasteiger partial charge is 0.493 e. The highest BCUT2D eigenvalue weighted by Crippen LogP contribution is 2.26. The molecule has 0 aromatic heterocycles. The van der Waals surface area contributed by atoms with Gasteiger partial charge in [0.2, 0.25) is 0 Å². The van der Waals surface area contributed by atoms with Crippen molar-refractivity contribution in [2.24, 2.45) is 5.92 Å². The summed E-state index contributed by atoms with van der Waals surface area (Å²) in [5.74, 6) is 1.68. The number of piperidine rings is 1. The Kier molecular flexibility index (Phi) is 5.15. The Morgan fingerprint density at radius 3 is 2.90 bits per heavy atom. The zero-order chi connectivity index (χ0) is 14.5. The molecule has 116 valence electrons. The zero-order valence-electron chi connectivity index (χ0n) is 13.2. The highest BCUT2D eigenvalue weighted by atomic mass is 16.5. The van der Waals surface area contributed by atoms with Crippen molar-refractivity contribution in [3.8, 4) is 5.75 Å². The summed E-state index contributed by atoms with van der Waals surface area (Å²) in [5.41, 5.74) is 1.36. The summed E-state index contributed by atoms with van der Waals surface area (Å²) >= 11 is 0. The molecule has 2 aliphatic rings. The second-order valence-corrected chi connectivity index (χ2v) is 6.66. The SMILES string of the molecule is CC(CN1CCCCC1)NCC1COc2ccccc2C1. The summed E-state index contributed by atoms with van der Waals surface area (Å²) in [6.45, 7) is 7.97. The molecule has 0 amide bonds. The fraction of sp³-hybridized carbons (Fsp3) is 0.667. The van der Waals surface area contributed by atoms with Crippen molar-refractivity contribution < 1.29 is 4.74 Å². The third-order valence-corrected chi connectivity index (χ3v) is 4.69. The lowest BCUT2D eigenvalue weighted by Crippen LogP contribution is -2.44. The van der Waals surface area contributed by atoms with Crippen LogP contribution in [0.1, 0.15) is 31.7 Å². The molecule has 1 fully saturated rings. The van der Waals surface area contributed by atoms with Gasteiger partial charge in [-0.1, -0.05) is 24.6 Å². The number of rotatable bonds is 5. The van der Waals surface area contributed by atoms with Gasteiger partial charge in [0.25, 0.3) is 0 Å². The molecule has 0 saturated carbocycles. The van der Waals surface area contributed by atoms with Gasteiger partial charge in [-0.2, -0.15) is 0 Å². The predicted molar refractivity (Wildman–Crippen MR) is 86.9 cm³/mol.